The van der Waals surface area contributed by atoms with E-state index in [9.17, 15) is 4.79 Å². The van der Waals surface area contributed by atoms with E-state index in [0.29, 0.717) is 17.3 Å². The fourth-order valence-corrected chi connectivity index (χ4v) is 3.21. The summed E-state index contributed by atoms with van der Waals surface area (Å²) in [4.78, 5) is 19.0. The number of nitrogens with zero attached hydrogens (tertiary/aromatic N) is 2. The average Bonchev–Trinajstić information content (AvgIpc) is 3.02. The van der Waals surface area contributed by atoms with Crippen LogP contribution in [0.15, 0.2) is 48.5 Å². The monoisotopic (exact) mass is 352 g/mol. The SMILES string of the molecule is Cc1ccc2nc3c(cc2c1)CCN3C(=O)COc1ccc(Cl)cc1. The summed E-state index contributed by atoms with van der Waals surface area (Å²) in [5, 5.41) is 1.75. The van der Waals surface area contributed by atoms with E-state index in [0.717, 1.165) is 28.7 Å². The van der Waals surface area contributed by atoms with Crippen molar-refractivity contribution in [1.29, 1.82) is 0 Å². The highest BCUT2D eigenvalue weighted by Gasteiger charge is 2.26. The Morgan fingerprint density at radius 1 is 1.20 bits per heavy atom. The number of pyridine rings is 1. The predicted molar refractivity (Wildman–Crippen MR) is 99.5 cm³/mol. The molecule has 0 bridgehead atoms. The zero-order valence-electron chi connectivity index (χ0n) is 13.8. The van der Waals surface area contributed by atoms with Crippen LogP contribution in [-0.4, -0.2) is 24.0 Å². The molecule has 3 aromatic rings. The topological polar surface area (TPSA) is 42.4 Å². The summed E-state index contributed by atoms with van der Waals surface area (Å²) in [5.41, 5.74) is 3.22. The fourth-order valence-electron chi connectivity index (χ4n) is 3.08. The van der Waals surface area contributed by atoms with E-state index < -0.39 is 0 Å². The van der Waals surface area contributed by atoms with E-state index in [1.165, 1.54) is 5.56 Å². The molecule has 126 valence electrons. The van der Waals surface area contributed by atoms with Gasteiger partial charge in [-0.15, -0.1) is 0 Å². The lowest BCUT2D eigenvalue weighted by atomic mass is 10.1. The van der Waals surface area contributed by atoms with Gasteiger partial charge in [-0.1, -0.05) is 23.2 Å². The summed E-state index contributed by atoms with van der Waals surface area (Å²) in [5.74, 6) is 1.29. The number of aromatic nitrogens is 1. The number of ether oxygens (including phenoxy) is 1. The van der Waals surface area contributed by atoms with Crippen molar-refractivity contribution in [2.45, 2.75) is 13.3 Å². The van der Waals surface area contributed by atoms with Crippen LogP contribution >= 0.6 is 11.6 Å². The van der Waals surface area contributed by atoms with E-state index in [1.807, 2.05) is 12.1 Å². The molecule has 0 N–H and O–H groups in total. The standard InChI is InChI=1S/C20H17ClN2O2/c1-13-2-7-18-15(10-13)11-14-8-9-23(20(14)22-18)19(24)12-25-17-5-3-16(21)4-6-17/h2-7,10-11H,8-9,12H2,1H3. The van der Waals surface area contributed by atoms with Gasteiger partial charge >= 0.3 is 0 Å². The van der Waals surface area contributed by atoms with Crippen LogP contribution in [0.4, 0.5) is 5.82 Å². The minimum Gasteiger partial charge on any atom is -0.484 e. The minimum atomic E-state index is -0.0901. The molecule has 0 aliphatic carbocycles. The van der Waals surface area contributed by atoms with Crippen LogP contribution in [0.3, 0.4) is 0 Å². The fraction of sp³-hybridized carbons (Fsp3) is 0.200. The highest BCUT2D eigenvalue weighted by Crippen LogP contribution is 2.30. The van der Waals surface area contributed by atoms with Crippen LogP contribution in [-0.2, 0) is 11.2 Å². The summed E-state index contributed by atoms with van der Waals surface area (Å²) in [7, 11) is 0. The van der Waals surface area contributed by atoms with Crippen molar-refractivity contribution in [3.8, 4) is 5.75 Å². The van der Waals surface area contributed by atoms with E-state index in [-0.39, 0.29) is 12.5 Å². The maximum Gasteiger partial charge on any atom is 0.266 e. The Hall–Kier alpha value is -2.59. The molecule has 2 aromatic carbocycles. The number of aryl methyl sites for hydroxylation is 1. The van der Waals surface area contributed by atoms with E-state index in [4.69, 9.17) is 21.3 Å². The van der Waals surface area contributed by atoms with E-state index >= 15 is 0 Å². The molecule has 0 saturated carbocycles. The third-order valence-corrected chi connectivity index (χ3v) is 4.62. The molecule has 0 radical (unpaired) electrons. The van der Waals surface area contributed by atoms with Crippen LogP contribution in [0.25, 0.3) is 10.9 Å². The van der Waals surface area contributed by atoms with Gasteiger partial charge in [0.2, 0.25) is 0 Å². The Bertz CT molecular complexity index is 954. The average molecular weight is 353 g/mol. The maximum absolute atomic E-state index is 12.6. The molecule has 1 aromatic heterocycles. The molecule has 0 atom stereocenters. The highest BCUT2D eigenvalue weighted by atomic mass is 35.5. The first-order valence-corrected chi connectivity index (χ1v) is 8.57. The number of fused-ring (bicyclic) bond motifs is 2. The molecular formula is C20H17ClN2O2. The molecule has 25 heavy (non-hydrogen) atoms. The van der Waals surface area contributed by atoms with E-state index in [1.54, 1.807) is 29.2 Å². The number of amides is 1. The molecule has 1 amide bonds. The second kappa shape index (κ2) is 6.37. The first-order chi connectivity index (χ1) is 12.1. The summed E-state index contributed by atoms with van der Waals surface area (Å²) in [6.07, 6.45) is 0.818. The van der Waals surface area contributed by atoms with Crippen molar-refractivity contribution in [3.63, 3.8) is 0 Å². The van der Waals surface area contributed by atoms with Crippen LogP contribution < -0.4 is 9.64 Å². The van der Waals surface area contributed by atoms with Crippen LogP contribution in [0.1, 0.15) is 11.1 Å². The number of carbonyl (C=O) groups is 1. The molecule has 1 aliphatic rings. The third kappa shape index (κ3) is 3.17. The van der Waals surface area contributed by atoms with Crippen molar-refractivity contribution in [3.05, 3.63) is 64.7 Å². The second-order valence-corrected chi connectivity index (χ2v) is 6.64. The predicted octanol–water partition coefficient (Wildman–Crippen LogP) is 4.16. The number of benzene rings is 2. The van der Waals surface area contributed by atoms with Gasteiger partial charge in [-0.3, -0.25) is 9.69 Å². The molecule has 2 heterocycles. The van der Waals surface area contributed by atoms with Crippen LogP contribution in [0.5, 0.6) is 5.75 Å². The summed E-state index contributed by atoms with van der Waals surface area (Å²) in [6.45, 7) is 2.69. The van der Waals surface area contributed by atoms with Gasteiger partial charge in [0.1, 0.15) is 11.6 Å². The summed E-state index contributed by atoms with van der Waals surface area (Å²) >= 11 is 5.85. The Balaban J connectivity index is 1.54. The molecule has 1 aliphatic heterocycles. The number of rotatable bonds is 3. The highest BCUT2D eigenvalue weighted by molar-refractivity contribution is 6.30. The van der Waals surface area contributed by atoms with Gasteiger partial charge in [0, 0.05) is 17.0 Å². The molecular weight excluding hydrogens is 336 g/mol. The minimum absolute atomic E-state index is 0.0192. The Morgan fingerprint density at radius 3 is 2.80 bits per heavy atom. The third-order valence-electron chi connectivity index (χ3n) is 4.36. The first-order valence-electron chi connectivity index (χ1n) is 8.19. The summed E-state index contributed by atoms with van der Waals surface area (Å²) in [6, 6.07) is 15.3. The molecule has 0 fully saturated rings. The van der Waals surface area contributed by atoms with Crippen molar-refractivity contribution in [2.24, 2.45) is 0 Å². The Morgan fingerprint density at radius 2 is 2.00 bits per heavy atom. The van der Waals surface area contributed by atoms with Gasteiger partial charge in [0.05, 0.1) is 5.52 Å². The smallest absolute Gasteiger partial charge is 0.266 e. The molecule has 5 heteroatoms. The van der Waals surface area contributed by atoms with E-state index in [2.05, 4.69) is 19.1 Å². The largest absolute Gasteiger partial charge is 0.484 e. The van der Waals surface area contributed by atoms with Gasteiger partial charge in [0.25, 0.3) is 5.91 Å². The number of hydrogen-bond donors (Lipinski definition) is 0. The Labute approximate surface area is 151 Å². The van der Waals surface area contributed by atoms with Gasteiger partial charge in [0.15, 0.2) is 6.61 Å². The van der Waals surface area contributed by atoms with Crippen LogP contribution in [0, 0.1) is 6.92 Å². The molecule has 4 rings (SSSR count). The lowest BCUT2D eigenvalue weighted by molar-refractivity contribution is -0.120. The van der Waals surface area contributed by atoms with Gasteiger partial charge in [-0.05, 0) is 61.4 Å². The first kappa shape index (κ1) is 15.9. The van der Waals surface area contributed by atoms with Crippen molar-refractivity contribution in [2.75, 3.05) is 18.1 Å². The van der Waals surface area contributed by atoms with Crippen molar-refractivity contribution >= 4 is 34.2 Å². The molecule has 0 saturated heterocycles. The number of carbonyl (C=O) groups excluding carboxylic acids is 1. The molecule has 4 nitrogen and oxygen atoms in total. The summed E-state index contributed by atoms with van der Waals surface area (Å²) < 4.78 is 5.58. The second-order valence-electron chi connectivity index (χ2n) is 6.21. The van der Waals surface area contributed by atoms with Gasteiger partial charge < -0.3 is 4.74 Å². The number of halogens is 1. The number of anilines is 1. The van der Waals surface area contributed by atoms with Gasteiger partial charge in [-0.25, -0.2) is 4.98 Å². The number of hydrogen-bond acceptors (Lipinski definition) is 3. The Kier molecular flexibility index (Phi) is 4.06. The lowest BCUT2D eigenvalue weighted by Crippen LogP contribution is -2.33. The quantitative estimate of drug-likeness (QED) is 0.710. The lowest BCUT2D eigenvalue weighted by Gasteiger charge is -2.17. The zero-order valence-corrected chi connectivity index (χ0v) is 14.6. The molecule has 0 unspecified atom stereocenters. The van der Waals surface area contributed by atoms with Crippen molar-refractivity contribution in [1.82, 2.24) is 4.98 Å². The van der Waals surface area contributed by atoms with Gasteiger partial charge in [-0.2, -0.15) is 0 Å². The molecule has 0 spiro atoms. The zero-order chi connectivity index (χ0) is 17.4. The maximum atomic E-state index is 12.6. The normalized spacial score (nSPS) is 13.1. The van der Waals surface area contributed by atoms with Crippen LogP contribution in [0.2, 0.25) is 5.02 Å². The van der Waals surface area contributed by atoms with Crippen molar-refractivity contribution < 1.29 is 9.53 Å².